The van der Waals surface area contributed by atoms with Crippen molar-refractivity contribution in [3.8, 4) is 5.75 Å². The van der Waals surface area contributed by atoms with E-state index >= 15 is 0 Å². The van der Waals surface area contributed by atoms with Gasteiger partial charge in [0.25, 0.3) is 5.91 Å². The summed E-state index contributed by atoms with van der Waals surface area (Å²) in [6.45, 7) is 7.52. The van der Waals surface area contributed by atoms with Crippen molar-refractivity contribution < 1.29 is 29.3 Å². The highest BCUT2D eigenvalue weighted by atomic mass is 16.5. The van der Waals surface area contributed by atoms with Gasteiger partial charge in [-0.25, -0.2) is 4.79 Å². The van der Waals surface area contributed by atoms with Crippen molar-refractivity contribution in [1.82, 2.24) is 20.9 Å². The molecule has 0 spiro atoms. The number of carbonyl (C=O) groups is 3. The van der Waals surface area contributed by atoms with E-state index in [-0.39, 0.29) is 43.8 Å². The topological polar surface area (TPSA) is 140 Å². The predicted molar refractivity (Wildman–Crippen MR) is 181 cm³/mol. The Morgan fingerprint density at radius 1 is 0.915 bits per heavy atom. The second-order valence-electron chi connectivity index (χ2n) is 12.8. The number of urea groups is 1. The number of aliphatic hydroxyl groups is 2. The molecular formula is C37H48N4O6. The number of aliphatic hydroxyl groups excluding tert-OH is 2. The van der Waals surface area contributed by atoms with Gasteiger partial charge in [0.1, 0.15) is 11.8 Å². The molecular weight excluding hydrogens is 596 g/mol. The van der Waals surface area contributed by atoms with Gasteiger partial charge in [-0.05, 0) is 61.3 Å². The van der Waals surface area contributed by atoms with Gasteiger partial charge in [0.2, 0.25) is 5.91 Å². The first-order valence-electron chi connectivity index (χ1n) is 16.3. The zero-order valence-electron chi connectivity index (χ0n) is 27.7. The Morgan fingerprint density at radius 2 is 1.51 bits per heavy atom. The minimum absolute atomic E-state index is 0.0450. The second-order valence-corrected chi connectivity index (χ2v) is 12.8. The van der Waals surface area contributed by atoms with Crippen LogP contribution in [0.4, 0.5) is 4.79 Å². The molecule has 5 N–H and O–H groups in total. The van der Waals surface area contributed by atoms with Gasteiger partial charge >= 0.3 is 6.03 Å². The lowest BCUT2D eigenvalue weighted by Crippen LogP contribution is -2.62. The third-order valence-electron chi connectivity index (χ3n) is 8.46. The summed E-state index contributed by atoms with van der Waals surface area (Å²) in [5.41, 5.74) is 3.75. The van der Waals surface area contributed by atoms with E-state index in [1.165, 1.54) is 4.90 Å². The SMILES string of the molecule is Cc1cccc(C)c1OCC(=O)N[C@@H](Cc1ccccc1)[C@@H](O)C[C@H](Cc1ccccc1)NC(=O)[C@H](C(C)C)N1CC(O)CNC1=O. The minimum Gasteiger partial charge on any atom is -0.483 e. The van der Waals surface area contributed by atoms with Crippen LogP contribution in [0.1, 0.15) is 42.5 Å². The molecule has 1 unspecified atom stereocenters. The number of amides is 4. The highest BCUT2D eigenvalue weighted by Gasteiger charge is 2.37. The molecule has 3 aromatic rings. The van der Waals surface area contributed by atoms with Crippen LogP contribution in [0, 0.1) is 19.8 Å². The number of benzene rings is 3. The van der Waals surface area contributed by atoms with Crippen LogP contribution in [0.2, 0.25) is 0 Å². The lowest BCUT2D eigenvalue weighted by molar-refractivity contribution is -0.129. The molecule has 1 saturated heterocycles. The van der Waals surface area contributed by atoms with Crippen molar-refractivity contribution in [3.63, 3.8) is 0 Å². The molecule has 0 aliphatic carbocycles. The molecule has 1 fully saturated rings. The highest BCUT2D eigenvalue weighted by Crippen LogP contribution is 2.22. The summed E-state index contributed by atoms with van der Waals surface area (Å²) in [6, 6.07) is 22.6. The normalized spacial score (nSPS) is 17.3. The van der Waals surface area contributed by atoms with Crippen LogP contribution in [0.3, 0.4) is 0 Å². The lowest BCUT2D eigenvalue weighted by atomic mass is 9.92. The largest absolute Gasteiger partial charge is 0.483 e. The number of nitrogens with one attached hydrogen (secondary N) is 3. The van der Waals surface area contributed by atoms with Gasteiger partial charge in [0.05, 0.1) is 24.8 Å². The van der Waals surface area contributed by atoms with Crippen molar-refractivity contribution in [2.24, 2.45) is 5.92 Å². The molecule has 3 aromatic carbocycles. The third kappa shape index (κ3) is 10.3. The maximum atomic E-state index is 13.8. The van der Waals surface area contributed by atoms with Crippen molar-refractivity contribution in [1.29, 1.82) is 0 Å². The monoisotopic (exact) mass is 644 g/mol. The van der Waals surface area contributed by atoms with Crippen molar-refractivity contribution in [2.45, 2.75) is 77.3 Å². The highest BCUT2D eigenvalue weighted by molar-refractivity contribution is 5.88. The van der Waals surface area contributed by atoms with Crippen LogP contribution >= 0.6 is 0 Å². The molecule has 0 bridgehead atoms. The van der Waals surface area contributed by atoms with Crippen molar-refractivity contribution in [3.05, 3.63) is 101 Å². The second kappa shape index (κ2) is 16.9. The Balaban J connectivity index is 1.53. The van der Waals surface area contributed by atoms with Crippen LogP contribution in [0.15, 0.2) is 78.9 Å². The third-order valence-corrected chi connectivity index (χ3v) is 8.46. The summed E-state index contributed by atoms with van der Waals surface area (Å²) in [5.74, 6) is -0.327. The first-order chi connectivity index (χ1) is 22.5. The average molecular weight is 645 g/mol. The Kier molecular flexibility index (Phi) is 12.8. The molecule has 5 atom stereocenters. The molecule has 252 valence electrons. The number of hydrogen-bond donors (Lipinski definition) is 5. The van der Waals surface area contributed by atoms with Crippen molar-refractivity contribution in [2.75, 3.05) is 19.7 Å². The van der Waals surface area contributed by atoms with Crippen LogP contribution < -0.4 is 20.7 Å². The zero-order valence-corrected chi connectivity index (χ0v) is 27.7. The van der Waals surface area contributed by atoms with E-state index in [9.17, 15) is 24.6 Å². The molecule has 10 heteroatoms. The first-order valence-corrected chi connectivity index (χ1v) is 16.3. The van der Waals surface area contributed by atoms with E-state index in [1.54, 1.807) is 0 Å². The molecule has 10 nitrogen and oxygen atoms in total. The van der Waals surface area contributed by atoms with Crippen molar-refractivity contribution >= 4 is 17.8 Å². The average Bonchev–Trinajstić information content (AvgIpc) is 3.03. The predicted octanol–water partition coefficient (Wildman–Crippen LogP) is 3.30. The number of carbonyl (C=O) groups excluding carboxylic acids is 3. The van der Waals surface area contributed by atoms with Gasteiger partial charge in [0, 0.05) is 12.6 Å². The summed E-state index contributed by atoms with van der Waals surface area (Å²) in [7, 11) is 0. The zero-order chi connectivity index (χ0) is 33.9. The summed E-state index contributed by atoms with van der Waals surface area (Å²) < 4.78 is 5.89. The lowest BCUT2D eigenvalue weighted by Gasteiger charge is -2.38. The van der Waals surface area contributed by atoms with Crippen LogP contribution in [0.5, 0.6) is 5.75 Å². The van der Waals surface area contributed by atoms with E-state index in [0.29, 0.717) is 18.6 Å². The van der Waals surface area contributed by atoms with Crippen LogP contribution in [-0.2, 0) is 22.4 Å². The molecule has 4 rings (SSSR count). The number of ether oxygens (including phenoxy) is 1. The van der Waals surface area contributed by atoms with Gasteiger partial charge in [-0.15, -0.1) is 0 Å². The van der Waals surface area contributed by atoms with E-state index in [1.807, 2.05) is 107 Å². The molecule has 0 aromatic heterocycles. The number of para-hydroxylation sites is 1. The van der Waals surface area contributed by atoms with E-state index in [4.69, 9.17) is 4.74 Å². The number of rotatable bonds is 15. The molecule has 1 aliphatic rings. The Morgan fingerprint density at radius 3 is 2.11 bits per heavy atom. The molecule has 1 aliphatic heterocycles. The first kappa shape index (κ1) is 35.4. The van der Waals surface area contributed by atoms with E-state index in [2.05, 4.69) is 16.0 Å². The molecule has 4 amide bonds. The Labute approximate surface area is 277 Å². The summed E-state index contributed by atoms with van der Waals surface area (Å²) in [6.07, 6.45) is -0.902. The fourth-order valence-corrected chi connectivity index (χ4v) is 6.12. The maximum absolute atomic E-state index is 13.8. The molecule has 0 radical (unpaired) electrons. The standard InChI is InChI=1S/C37H48N4O6/c1-24(2)34(41-22-30(42)21-38-37(41)46)36(45)39-29(18-27-14-7-5-8-15-27)20-32(43)31(19-28-16-9-6-10-17-28)40-33(44)23-47-35-25(3)12-11-13-26(35)4/h5-17,24,29-32,34,42-43H,18-23H2,1-4H3,(H,38,46)(H,39,45)(H,40,44)/t29-,30?,31-,32-,34-/m0/s1. The maximum Gasteiger partial charge on any atom is 0.318 e. The smallest absolute Gasteiger partial charge is 0.318 e. The quantitative estimate of drug-likeness (QED) is 0.172. The molecule has 0 saturated carbocycles. The Hall–Kier alpha value is -4.41. The van der Waals surface area contributed by atoms with E-state index in [0.717, 1.165) is 22.3 Å². The number of β-amino-alcohol motifs (C(OH)–C–C–N with tert-alkyl or cyclic N) is 1. The van der Waals surface area contributed by atoms with Gasteiger partial charge in [-0.2, -0.15) is 0 Å². The van der Waals surface area contributed by atoms with Gasteiger partial charge in [-0.1, -0.05) is 92.7 Å². The van der Waals surface area contributed by atoms with Crippen LogP contribution in [0.25, 0.3) is 0 Å². The van der Waals surface area contributed by atoms with Gasteiger partial charge in [-0.3, -0.25) is 9.59 Å². The van der Waals surface area contributed by atoms with E-state index < -0.39 is 36.4 Å². The molecule has 1 heterocycles. The number of aryl methyl sites for hydroxylation is 2. The van der Waals surface area contributed by atoms with Crippen LogP contribution in [-0.4, -0.2) is 83.0 Å². The fraction of sp³-hybridized carbons (Fsp3) is 0.432. The van der Waals surface area contributed by atoms with Gasteiger partial charge in [0.15, 0.2) is 6.61 Å². The molecule has 47 heavy (non-hydrogen) atoms. The number of nitrogens with zero attached hydrogens (tertiary/aromatic N) is 1. The number of hydrogen-bond acceptors (Lipinski definition) is 6. The minimum atomic E-state index is -1.04. The fourth-order valence-electron chi connectivity index (χ4n) is 6.12. The summed E-state index contributed by atoms with van der Waals surface area (Å²) in [4.78, 5) is 41.2. The van der Waals surface area contributed by atoms with Gasteiger partial charge < -0.3 is 35.8 Å². The summed E-state index contributed by atoms with van der Waals surface area (Å²) in [5, 5.41) is 30.7. The Bertz CT molecular complexity index is 1450. The summed E-state index contributed by atoms with van der Waals surface area (Å²) >= 11 is 0.